The lowest BCUT2D eigenvalue weighted by molar-refractivity contribution is -0.00483. The van der Waals surface area contributed by atoms with Crippen LogP contribution in [0.4, 0.5) is 0 Å². The summed E-state index contributed by atoms with van der Waals surface area (Å²) in [6, 6.07) is 1.02. The van der Waals surface area contributed by atoms with Gasteiger partial charge in [0.25, 0.3) is 11.5 Å². The normalized spacial score (nSPS) is 18.5. The number of rotatable bonds is 2. The lowest BCUT2D eigenvalue weighted by Gasteiger charge is -2.34. The van der Waals surface area contributed by atoms with E-state index in [1.54, 1.807) is 35.8 Å². The number of carbonyl (C=O) groups excluding carboxylic acids is 1. The van der Waals surface area contributed by atoms with Gasteiger partial charge in [0.2, 0.25) is 0 Å². The fourth-order valence-corrected chi connectivity index (χ4v) is 2.57. The van der Waals surface area contributed by atoms with Crippen molar-refractivity contribution in [2.24, 2.45) is 7.05 Å². The van der Waals surface area contributed by atoms with E-state index in [2.05, 4.69) is 15.0 Å². The quantitative estimate of drug-likeness (QED) is 0.844. The van der Waals surface area contributed by atoms with Crippen LogP contribution in [0.25, 0.3) is 0 Å². The van der Waals surface area contributed by atoms with E-state index in [4.69, 9.17) is 4.74 Å². The number of nitrogens with zero attached hydrogens (tertiary/aromatic N) is 4. The third-order valence-corrected chi connectivity index (χ3v) is 3.62. The van der Waals surface area contributed by atoms with Gasteiger partial charge in [-0.05, 0) is 6.92 Å². The number of hydrogen-bond donors (Lipinski definition) is 1. The van der Waals surface area contributed by atoms with Gasteiger partial charge >= 0.3 is 0 Å². The minimum atomic E-state index is -0.390. The van der Waals surface area contributed by atoms with E-state index >= 15 is 0 Å². The summed E-state index contributed by atoms with van der Waals surface area (Å²) < 4.78 is 7.14. The predicted octanol–water partition coefficient (Wildman–Crippen LogP) is 0.0255. The first kappa shape index (κ1) is 14.5. The molecule has 1 aliphatic rings. The van der Waals surface area contributed by atoms with Crippen molar-refractivity contribution in [1.82, 2.24) is 24.4 Å². The summed E-state index contributed by atoms with van der Waals surface area (Å²) in [5.41, 5.74) is 0.293. The smallest absolute Gasteiger partial charge is 0.290 e. The number of amides is 1. The highest BCUT2D eigenvalue weighted by atomic mass is 16.5. The molecule has 3 rings (SSSR count). The Balaban J connectivity index is 1.96. The minimum Gasteiger partial charge on any atom is -0.377 e. The van der Waals surface area contributed by atoms with Crippen molar-refractivity contribution in [2.75, 3.05) is 19.8 Å². The Bertz CT molecular complexity index is 751. The van der Waals surface area contributed by atoms with Gasteiger partial charge < -0.3 is 19.2 Å². The molecule has 0 unspecified atom stereocenters. The highest BCUT2D eigenvalue weighted by Gasteiger charge is 2.32. The molecule has 22 heavy (non-hydrogen) atoms. The van der Waals surface area contributed by atoms with E-state index in [1.807, 2.05) is 0 Å². The summed E-state index contributed by atoms with van der Waals surface area (Å²) in [7, 11) is 1.77. The van der Waals surface area contributed by atoms with Gasteiger partial charge in [-0.25, -0.2) is 9.97 Å². The Morgan fingerprint density at radius 1 is 1.50 bits per heavy atom. The molecular formula is C14H17N5O3. The van der Waals surface area contributed by atoms with E-state index < -0.39 is 0 Å². The van der Waals surface area contributed by atoms with Gasteiger partial charge in [0, 0.05) is 32.1 Å². The standard InChI is InChI=1S/C14H17N5O3/c1-9-16-10(7-12(20)17-9)11-8-22-6-5-19(11)14(21)13-15-3-4-18(13)2/h3-4,7,11H,5-6,8H2,1-2H3,(H,16,17,20)/t11-/m1/s1. The van der Waals surface area contributed by atoms with Crippen molar-refractivity contribution < 1.29 is 9.53 Å². The maximum Gasteiger partial charge on any atom is 0.290 e. The predicted molar refractivity (Wildman–Crippen MR) is 77.4 cm³/mol. The molecule has 8 nitrogen and oxygen atoms in total. The molecule has 1 atom stereocenters. The van der Waals surface area contributed by atoms with Crippen molar-refractivity contribution in [2.45, 2.75) is 13.0 Å². The number of morpholine rings is 1. The fraction of sp³-hybridized carbons (Fsp3) is 0.429. The maximum absolute atomic E-state index is 12.7. The molecule has 0 aliphatic carbocycles. The molecule has 8 heteroatoms. The van der Waals surface area contributed by atoms with E-state index in [1.165, 1.54) is 6.07 Å². The summed E-state index contributed by atoms with van der Waals surface area (Å²) in [6.07, 6.45) is 3.30. The first-order chi connectivity index (χ1) is 10.6. The molecule has 0 aromatic carbocycles. The van der Waals surface area contributed by atoms with Crippen molar-refractivity contribution in [3.05, 3.63) is 46.2 Å². The molecule has 2 aromatic heterocycles. The van der Waals surface area contributed by atoms with Gasteiger partial charge in [-0.1, -0.05) is 0 Å². The average molecular weight is 303 g/mol. The van der Waals surface area contributed by atoms with Gasteiger partial charge in [-0.15, -0.1) is 0 Å². The van der Waals surface area contributed by atoms with Crippen LogP contribution in [0.1, 0.15) is 28.2 Å². The molecule has 0 bridgehead atoms. The van der Waals surface area contributed by atoms with Crippen LogP contribution >= 0.6 is 0 Å². The number of hydrogen-bond acceptors (Lipinski definition) is 5. The Kier molecular flexibility index (Phi) is 3.76. The number of carbonyl (C=O) groups is 1. The van der Waals surface area contributed by atoms with Crippen LogP contribution in [0.2, 0.25) is 0 Å². The van der Waals surface area contributed by atoms with E-state index in [0.29, 0.717) is 37.1 Å². The van der Waals surface area contributed by atoms with Crippen LogP contribution < -0.4 is 5.56 Å². The highest BCUT2D eigenvalue weighted by molar-refractivity contribution is 5.91. The van der Waals surface area contributed by atoms with E-state index in [0.717, 1.165) is 0 Å². The molecule has 3 heterocycles. The Hall–Kier alpha value is -2.48. The first-order valence-electron chi connectivity index (χ1n) is 7.00. The van der Waals surface area contributed by atoms with Gasteiger partial charge in [0.05, 0.1) is 24.9 Å². The van der Waals surface area contributed by atoms with Gasteiger partial charge in [-0.2, -0.15) is 0 Å². The maximum atomic E-state index is 12.7. The molecule has 0 spiro atoms. The van der Waals surface area contributed by atoms with Gasteiger partial charge in [-0.3, -0.25) is 9.59 Å². The third kappa shape index (κ3) is 2.64. The number of aryl methyl sites for hydroxylation is 2. The molecule has 1 saturated heterocycles. The van der Waals surface area contributed by atoms with Crippen LogP contribution in [-0.4, -0.2) is 50.1 Å². The number of aromatic nitrogens is 4. The fourth-order valence-electron chi connectivity index (χ4n) is 2.57. The van der Waals surface area contributed by atoms with E-state index in [9.17, 15) is 9.59 Å². The summed E-state index contributed by atoms with van der Waals surface area (Å²) in [4.78, 5) is 37.1. The van der Waals surface area contributed by atoms with E-state index in [-0.39, 0.29) is 17.5 Å². The Morgan fingerprint density at radius 3 is 3.00 bits per heavy atom. The van der Waals surface area contributed by atoms with Crippen molar-refractivity contribution in [3.63, 3.8) is 0 Å². The van der Waals surface area contributed by atoms with Gasteiger partial charge in [0.15, 0.2) is 5.82 Å². The van der Waals surface area contributed by atoms with Crippen LogP contribution in [0, 0.1) is 6.92 Å². The number of imidazole rings is 1. The molecular weight excluding hydrogens is 286 g/mol. The first-order valence-corrected chi connectivity index (χ1v) is 7.00. The zero-order valence-corrected chi connectivity index (χ0v) is 12.4. The summed E-state index contributed by atoms with van der Waals surface area (Å²) in [5.74, 6) is 0.673. The molecule has 1 N–H and O–H groups in total. The van der Waals surface area contributed by atoms with Crippen LogP contribution in [0.3, 0.4) is 0 Å². The second-order valence-electron chi connectivity index (χ2n) is 5.21. The zero-order chi connectivity index (χ0) is 15.7. The Labute approximate surface area is 126 Å². The lowest BCUT2D eigenvalue weighted by Crippen LogP contribution is -2.44. The summed E-state index contributed by atoms with van der Waals surface area (Å²) in [5, 5.41) is 0. The van der Waals surface area contributed by atoms with Gasteiger partial charge in [0.1, 0.15) is 5.82 Å². The number of aromatic amines is 1. The minimum absolute atomic E-state index is 0.194. The Morgan fingerprint density at radius 2 is 2.32 bits per heavy atom. The second kappa shape index (κ2) is 5.72. The molecule has 1 aliphatic heterocycles. The number of H-pyrrole nitrogens is 1. The number of ether oxygens (including phenoxy) is 1. The van der Waals surface area contributed by atoms with Crippen LogP contribution in [-0.2, 0) is 11.8 Å². The molecule has 0 radical (unpaired) electrons. The monoisotopic (exact) mass is 303 g/mol. The molecule has 2 aromatic rings. The third-order valence-electron chi connectivity index (χ3n) is 3.62. The van der Waals surface area contributed by atoms with Crippen molar-refractivity contribution in [3.8, 4) is 0 Å². The number of nitrogens with one attached hydrogen (secondary N) is 1. The summed E-state index contributed by atoms with van der Waals surface area (Å²) >= 11 is 0. The van der Waals surface area contributed by atoms with Crippen LogP contribution in [0.15, 0.2) is 23.3 Å². The molecule has 1 fully saturated rings. The SMILES string of the molecule is Cc1nc([C@H]2COCCN2C(=O)c2nccn2C)cc(=O)[nH]1. The lowest BCUT2D eigenvalue weighted by atomic mass is 10.1. The highest BCUT2D eigenvalue weighted by Crippen LogP contribution is 2.23. The molecule has 1 amide bonds. The zero-order valence-electron chi connectivity index (χ0n) is 12.4. The summed E-state index contributed by atoms with van der Waals surface area (Å²) in [6.45, 7) is 2.91. The average Bonchev–Trinajstić information content (AvgIpc) is 2.91. The van der Waals surface area contributed by atoms with Crippen molar-refractivity contribution >= 4 is 5.91 Å². The molecule has 0 saturated carbocycles. The second-order valence-corrected chi connectivity index (χ2v) is 5.21. The van der Waals surface area contributed by atoms with Crippen molar-refractivity contribution in [1.29, 1.82) is 0 Å². The molecule has 116 valence electrons. The largest absolute Gasteiger partial charge is 0.377 e. The topological polar surface area (TPSA) is 93.1 Å². The van der Waals surface area contributed by atoms with Crippen LogP contribution in [0.5, 0.6) is 0 Å².